The highest BCUT2D eigenvalue weighted by molar-refractivity contribution is 9.10. The second-order valence-corrected chi connectivity index (χ2v) is 6.69. The van der Waals surface area contributed by atoms with E-state index < -0.39 is 5.82 Å². The molecular weight excluding hydrogens is 385 g/mol. The Morgan fingerprint density at radius 3 is 2.56 bits per heavy atom. The third kappa shape index (κ3) is 3.82. The highest BCUT2D eigenvalue weighted by Crippen LogP contribution is 2.23. The molecule has 3 rings (SSSR count). The number of amides is 1. The van der Waals surface area contributed by atoms with Crippen molar-refractivity contribution >= 4 is 32.6 Å². The fourth-order valence-electron chi connectivity index (χ4n) is 2.71. The van der Waals surface area contributed by atoms with E-state index in [-0.39, 0.29) is 5.91 Å². The zero-order valence-corrected chi connectivity index (χ0v) is 15.5. The largest absolute Gasteiger partial charge is 0.497 e. The van der Waals surface area contributed by atoms with Gasteiger partial charge in [0.2, 0.25) is 0 Å². The number of methoxy groups -OCH3 is 1. The average Bonchev–Trinajstić information content (AvgIpc) is 2.62. The van der Waals surface area contributed by atoms with E-state index in [2.05, 4.69) is 15.9 Å². The Morgan fingerprint density at radius 2 is 1.80 bits per heavy atom. The number of ether oxygens (including phenoxy) is 1. The van der Waals surface area contributed by atoms with E-state index in [0.717, 1.165) is 22.1 Å². The fraction of sp³-hybridized carbons (Fsp3) is 0.150. The summed E-state index contributed by atoms with van der Waals surface area (Å²) in [6, 6.07) is 16.0. The number of fused-ring (bicyclic) bond motifs is 1. The summed E-state index contributed by atoms with van der Waals surface area (Å²) in [6.07, 6.45) is 0. The number of rotatable bonds is 4. The fourth-order valence-corrected chi connectivity index (χ4v) is 3.13. The Bertz CT molecular complexity index is 942. The van der Waals surface area contributed by atoms with Gasteiger partial charge in [-0.2, -0.15) is 0 Å². The topological polar surface area (TPSA) is 29.5 Å². The van der Waals surface area contributed by atoms with E-state index in [9.17, 15) is 9.18 Å². The van der Waals surface area contributed by atoms with Crippen LogP contribution >= 0.6 is 15.9 Å². The van der Waals surface area contributed by atoms with E-state index in [1.165, 1.54) is 12.1 Å². The number of benzene rings is 3. The van der Waals surface area contributed by atoms with Crippen LogP contribution in [0, 0.1) is 5.82 Å². The molecule has 25 heavy (non-hydrogen) atoms. The van der Waals surface area contributed by atoms with Gasteiger partial charge in [-0.3, -0.25) is 4.79 Å². The highest BCUT2D eigenvalue weighted by atomic mass is 79.9. The van der Waals surface area contributed by atoms with Crippen molar-refractivity contribution in [1.29, 1.82) is 0 Å². The van der Waals surface area contributed by atoms with Crippen molar-refractivity contribution in [3.05, 3.63) is 76.0 Å². The number of halogens is 2. The maximum absolute atomic E-state index is 13.4. The van der Waals surface area contributed by atoms with Crippen LogP contribution in [0.2, 0.25) is 0 Å². The molecule has 0 aliphatic carbocycles. The van der Waals surface area contributed by atoms with Gasteiger partial charge in [0.1, 0.15) is 11.6 Å². The van der Waals surface area contributed by atoms with Crippen LogP contribution in [0.4, 0.5) is 4.39 Å². The summed E-state index contributed by atoms with van der Waals surface area (Å²) in [5.74, 6) is 0.143. The van der Waals surface area contributed by atoms with E-state index in [1.54, 1.807) is 25.1 Å². The van der Waals surface area contributed by atoms with Gasteiger partial charge < -0.3 is 9.64 Å². The van der Waals surface area contributed by atoms with Crippen molar-refractivity contribution in [3.8, 4) is 5.75 Å². The molecule has 0 aromatic heterocycles. The summed E-state index contributed by atoms with van der Waals surface area (Å²) in [5.41, 5.74) is 1.31. The Balaban J connectivity index is 1.82. The van der Waals surface area contributed by atoms with Gasteiger partial charge in [0.15, 0.2) is 0 Å². The second-order valence-electron chi connectivity index (χ2n) is 5.83. The molecule has 0 saturated carbocycles. The molecule has 0 fully saturated rings. The van der Waals surface area contributed by atoms with Crippen LogP contribution in [0.15, 0.2) is 59.1 Å². The first-order chi connectivity index (χ1) is 12.0. The quantitative estimate of drug-likeness (QED) is 0.613. The average molecular weight is 402 g/mol. The first-order valence-electron chi connectivity index (χ1n) is 7.75. The number of hydrogen-bond donors (Lipinski definition) is 0. The Labute approximate surface area is 154 Å². The molecule has 3 nitrogen and oxygen atoms in total. The standard InChI is InChI=1S/C20H17BrFNO2/c1-23(20(24)18-11-16(22)6-8-19(18)21)12-13-3-4-15-10-17(25-2)7-5-14(15)9-13/h3-11H,12H2,1-2H3. The lowest BCUT2D eigenvalue weighted by molar-refractivity contribution is 0.0783. The molecule has 0 N–H and O–H groups in total. The third-order valence-electron chi connectivity index (χ3n) is 4.04. The van der Waals surface area contributed by atoms with E-state index >= 15 is 0 Å². The SMILES string of the molecule is COc1ccc2cc(CN(C)C(=O)c3cc(F)ccc3Br)ccc2c1. The Morgan fingerprint density at radius 1 is 1.08 bits per heavy atom. The maximum atomic E-state index is 13.4. The monoisotopic (exact) mass is 401 g/mol. The summed E-state index contributed by atoms with van der Waals surface area (Å²) in [6.45, 7) is 0.434. The molecule has 0 spiro atoms. The van der Waals surface area contributed by atoms with Crippen LogP contribution in [0.25, 0.3) is 10.8 Å². The van der Waals surface area contributed by atoms with Gasteiger partial charge in [0.05, 0.1) is 12.7 Å². The predicted molar refractivity (Wildman–Crippen MR) is 100 cm³/mol. The zero-order chi connectivity index (χ0) is 18.0. The van der Waals surface area contributed by atoms with Crippen molar-refractivity contribution in [2.24, 2.45) is 0 Å². The van der Waals surface area contributed by atoms with Crippen molar-refractivity contribution in [3.63, 3.8) is 0 Å². The van der Waals surface area contributed by atoms with Gasteiger partial charge in [-0.15, -0.1) is 0 Å². The van der Waals surface area contributed by atoms with Gasteiger partial charge in [-0.25, -0.2) is 4.39 Å². The van der Waals surface area contributed by atoms with Crippen molar-refractivity contribution in [2.75, 3.05) is 14.2 Å². The van der Waals surface area contributed by atoms with E-state index in [4.69, 9.17) is 4.74 Å². The number of nitrogens with zero attached hydrogens (tertiary/aromatic N) is 1. The molecule has 0 radical (unpaired) electrons. The minimum atomic E-state index is -0.431. The summed E-state index contributed by atoms with van der Waals surface area (Å²) < 4.78 is 19.2. The number of carbonyl (C=O) groups excluding carboxylic acids is 1. The van der Waals surface area contributed by atoms with Gasteiger partial charge in [0, 0.05) is 18.1 Å². The van der Waals surface area contributed by atoms with E-state index in [0.29, 0.717) is 16.6 Å². The molecule has 1 amide bonds. The van der Waals surface area contributed by atoms with Gasteiger partial charge in [-0.05, 0) is 68.7 Å². The molecule has 3 aromatic carbocycles. The molecule has 0 aliphatic rings. The summed E-state index contributed by atoms with van der Waals surface area (Å²) in [7, 11) is 3.35. The minimum Gasteiger partial charge on any atom is -0.497 e. The van der Waals surface area contributed by atoms with Crippen LogP contribution in [-0.2, 0) is 6.54 Å². The molecule has 3 aromatic rings. The van der Waals surface area contributed by atoms with E-state index in [1.807, 2.05) is 36.4 Å². The van der Waals surface area contributed by atoms with Crippen LogP contribution in [0.1, 0.15) is 15.9 Å². The number of carbonyl (C=O) groups is 1. The Kier molecular flexibility index (Phi) is 5.04. The molecule has 0 aliphatic heterocycles. The molecule has 0 unspecified atom stereocenters. The molecule has 0 saturated heterocycles. The van der Waals surface area contributed by atoms with Crippen molar-refractivity contribution in [1.82, 2.24) is 4.90 Å². The third-order valence-corrected chi connectivity index (χ3v) is 4.73. The predicted octanol–water partition coefficient (Wildman–Crippen LogP) is 5.02. The van der Waals surface area contributed by atoms with Crippen LogP contribution < -0.4 is 4.74 Å². The molecule has 5 heteroatoms. The summed E-state index contributed by atoms with van der Waals surface area (Å²) in [5, 5.41) is 2.15. The van der Waals surface area contributed by atoms with Gasteiger partial charge in [-0.1, -0.05) is 18.2 Å². The van der Waals surface area contributed by atoms with Gasteiger partial charge in [0.25, 0.3) is 5.91 Å². The molecule has 0 heterocycles. The van der Waals surface area contributed by atoms with Gasteiger partial charge >= 0.3 is 0 Å². The summed E-state index contributed by atoms with van der Waals surface area (Å²) in [4.78, 5) is 14.2. The molecule has 0 atom stereocenters. The first kappa shape index (κ1) is 17.4. The lowest BCUT2D eigenvalue weighted by atomic mass is 10.1. The molecule has 128 valence electrons. The highest BCUT2D eigenvalue weighted by Gasteiger charge is 2.16. The minimum absolute atomic E-state index is 0.235. The Hall–Kier alpha value is -2.40. The van der Waals surface area contributed by atoms with Crippen molar-refractivity contribution < 1.29 is 13.9 Å². The second kappa shape index (κ2) is 7.23. The normalized spacial score (nSPS) is 10.7. The lowest BCUT2D eigenvalue weighted by Crippen LogP contribution is -2.26. The molecule has 0 bridgehead atoms. The lowest BCUT2D eigenvalue weighted by Gasteiger charge is -2.18. The summed E-state index contributed by atoms with van der Waals surface area (Å²) >= 11 is 3.30. The number of hydrogen-bond acceptors (Lipinski definition) is 2. The zero-order valence-electron chi connectivity index (χ0n) is 13.9. The van der Waals surface area contributed by atoms with Crippen LogP contribution in [0.5, 0.6) is 5.75 Å². The van der Waals surface area contributed by atoms with Crippen molar-refractivity contribution in [2.45, 2.75) is 6.54 Å². The first-order valence-corrected chi connectivity index (χ1v) is 8.54. The molecular formula is C20H17BrFNO2. The van der Waals surface area contributed by atoms with Crippen LogP contribution in [-0.4, -0.2) is 25.0 Å². The smallest absolute Gasteiger partial charge is 0.255 e. The maximum Gasteiger partial charge on any atom is 0.255 e. The van der Waals surface area contributed by atoms with Crippen LogP contribution in [0.3, 0.4) is 0 Å².